The van der Waals surface area contributed by atoms with Crippen molar-refractivity contribution in [2.75, 3.05) is 0 Å². The number of amides is 1. The van der Waals surface area contributed by atoms with E-state index in [1.165, 1.54) is 31.0 Å². The Morgan fingerprint density at radius 2 is 1.68 bits per heavy atom. The van der Waals surface area contributed by atoms with Crippen LogP contribution in [0, 0.1) is 17.1 Å². The van der Waals surface area contributed by atoms with Crippen LogP contribution in [-0.2, 0) is 4.79 Å². The molecule has 7 nitrogen and oxygen atoms in total. The average molecular weight is 513 g/mol. The van der Waals surface area contributed by atoms with Crippen LogP contribution >= 0.6 is 0 Å². The van der Waals surface area contributed by atoms with E-state index in [1.807, 2.05) is 13.8 Å². The zero-order chi connectivity index (χ0) is 28.1. The Hall–Kier alpha value is -3.60. The number of hydrogen-bond acceptors (Lipinski definition) is 6. The summed E-state index contributed by atoms with van der Waals surface area (Å²) < 4.78 is 18.0. The van der Waals surface area contributed by atoms with Gasteiger partial charge in [-0.25, -0.2) is 14.4 Å². The second-order valence-electron chi connectivity index (χ2n) is 8.01. The van der Waals surface area contributed by atoms with Gasteiger partial charge in [-0.15, -0.1) is 0 Å². The Morgan fingerprint density at radius 1 is 1.08 bits per heavy atom. The number of ketones is 1. The molecular formula is C29H41FN4O3. The Bertz CT molecular complexity index is 1020. The Kier molecular flexibility index (Phi) is 18.6. The maximum Gasteiger partial charge on any atom is 0.263 e. The zero-order valence-electron chi connectivity index (χ0n) is 22.8. The number of Topliss-reactive ketones (excluding diaryl/α,β-unsaturated/α-hetero) is 1. The molecular weight excluding hydrogens is 471 g/mol. The monoisotopic (exact) mass is 512 g/mol. The lowest BCUT2D eigenvalue weighted by Crippen LogP contribution is -2.06. The van der Waals surface area contributed by atoms with Gasteiger partial charge in [0.25, 0.3) is 5.89 Å². The van der Waals surface area contributed by atoms with Crippen LogP contribution in [0.1, 0.15) is 109 Å². The van der Waals surface area contributed by atoms with Gasteiger partial charge < -0.3 is 10.2 Å². The van der Waals surface area contributed by atoms with E-state index in [2.05, 4.69) is 35.6 Å². The zero-order valence-corrected chi connectivity index (χ0v) is 22.8. The number of allylic oxidation sites excluding steroid dienone is 2. The normalized spacial score (nSPS) is 11.5. The maximum absolute atomic E-state index is 13.1. The molecule has 2 aromatic rings. The van der Waals surface area contributed by atoms with Gasteiger partial charge >= 0.3 is 0 Å². The van der Waals surface area contributed by atoms with Crippen molar-refractivity contribution in [2.45, 2.75) is 92.4 Å². The van der Waals surface area contributed by atoms with Crippen LogP contribution in [0.25, 0.3) is 0 Å². The van der Waals surface area contributed by atoms with Crippen LogP contribution in [0.15, 0.2) is 57.4 Å². The molecule has 0 saturated carbocycles. The minimum atomic E-state index is -0.285. The van der Waals surface area contributed by atoms with Gasteiger partial charge in [0.15, 0.2) is 0 Å². The highest BCUT2D eigenvalue weighted by Gasteiger charge is 2.19. The molecule has 37 heavy (non-hydrogen) atoms. The summed E-state index contributed by atoms with van der Waals surface area (Å²) in [5.74, 6) is -0.421. The first-order valence-electron chi connectivity index (χ1n) is 13.0. The number of aromatic nitrogens is 1. The third-order valence-corrected chi connectivity index (χ3v) is 4.90. The summed E-state index contributed by atoms with van der Waals surface area (Å²) in [6, 6.07) is 8.36. The van der Waals surface area contributed by atoms with Gasteiger partial charge in [-0.2, -0.15) is 5.26 Å². The van der Waals surface area contributed by atoms with E-state index in [1.54, 1.807) is 19.1 Å². The summed E-state index contributed by atoms with van der Waals surface area (Å²) in [7, 11) is 0. The molecule has 202 valence electrons. The summed E-state index contributed by atoms with van der Waals surface area (Å²) in [5.41, 5.74) is 7.84. The molecule has 0 fully saturated rings. The Balaban J connectivity index is 0.00000112. The van der Waals surface area contributed by atoms with Crippen molar-refractivity contribution < 1.29 is 18.4 Å². The van der Waals surface area contributed by atoms with Crippen LogP contribution in [0.4, 0.5) is 4.39 Å². The lowest BCUT2D eigenvalue weighted by atomic mass is 9.99. The molecule has 2 N–H and O–H groups in total. The minimum absolute atomic E-state index is 0.0670. The average Bonchev–Trinajstić information content (AvgIpc) is 3.59. The topological polar surface area (TPSA) is 122 Å². The smallest absolute Gasteiger partial charge is 0.263 e. The van der Waals surface area contributed by atoms with Gasteiger partial charge in [0.05, 0.1) is 11.9 Å². The number of nitriles is 1. The number of primary amides is 1. The van der Waals surface area contributed by atoms with Crippen molar-refractivity contribution in [1.82, 2.24) is 4.98 Å². The molecule has 0 unspecified atom stereocenters. The lowest BCUT2D eigenvalue weighted by Gasteiger charge is -2.04. The van der Waals surface area contributed by atoms with E-state index < -0.39 is 0 Å². The highest BCUT2D eigenvalue weighted by Crippen LogP contribution is 2.27. The summed E-state index contributed by atoms with van der Waals surface area (Å²) in [6.07, 6.45) is 10.1. The summed E-state index contributed by atoms with van der Waals surface area (Å²) in [5, 5.41) is 9.31. The van der Waals surface area contributed by atoms with Gasteiger partial charge in [-0.05, 0) is 42.5 Å². The number of nitrogens with zero attached hydrogens (tertiary/aromatic N) is 3. The van der Waals surface area contributed by atoms with Crippen molar-refractivity contribution in [2.24, 2.45) is 10.7 Å². The van der Waals surface area contributed by atoms with E-state index in [9.17, 15) is 19.2 Å². The highest BCUT2D eigenvalue weighted by atomic mass is 19.1. The number of oxazole rings is 1. The van der Waals surface area contributed by atoms with Crippen LogP contribution in [0.3, 0.4) is 0 Å². The number of benzene rings is 1. The van der Waals surface area contributed by atoms with Crippen LogP contribution in [-0.4, -0.2) is 22.4 Å². The number of halogens is 1. The Morgan fingerprint density at radius 3 is 2.19 bits per heavy atom. The van der Waals surface area contributed by atoms with E-state index >= 15 is 0 Å². The van der Waals surface area contributed by atoms with E-state index in [0.29, 0.717) is 25.0 Å². The first-order chi connectivity index (χ1) is 17.9. The number of hydrogen-bond donors (Lipinski definition) is 1. The molecule has 0 atom stereocenters. The quantitative estimate of drug-likeness (QED) is 0.264. The van der Waals surface area contributed by atoms with Crippen molar-refractivity contribution in [3.63, 3.8) is 0 Å². The van der Waals surface area contributed by atoms with Gasteiger partial charge in [0.1, 0.15) is 23.8 Å². The maximum atomic E-state index is 13.1. The third kappa shape index (κ3) is 13.9. The largest absolute Gasteiger partial charge is 0.442 e. The number of carbonyl (C=O) groups is 2. The predicted octanol–water partition coefficient (Wildman–Crippen LogP) is 7.33. The molecule has 0 spiro atoms. The molecule has 1 amide bonds. The second kappa shape index (κ2) is 20.6. The summed E-state index contributed by atoms with van der Waals surface area (Å²) >= 11 is 0. The molecule has 0 saturated heterocycles. The number of rotatable bonds is 10. The van der Waals surface area contributed by atoms with Gasteiger partial charge in [0.2, 0.25) is 11.7 Å². The molecule has 8 heteroatoms. The van der Waals surface area contributed by atoms with E-state index in [0.717, 1.165) is 49.0 Å². The molecule has 3 rings (SSSR count). The van der Waals surface area contributed by atoms with Crippen LogP contribution in [0.2, 0.25) is 0 Å². The fraction of sp³-hybridized carbons (Fsp3) is 0.483. The molecule has 1 aromatic carbocycles. The van der Waals surface area contributed by atoms with Crippen molar-refractivity contribution in [3.8, 4) is 6.07 Å². The molecule has 0 aliphatic carbocycles. The molecule has 1 aromatic heterocycles. The highest BCUT2D eigenvalue weighted by molar-refractivity contribution is 6.04. The van der Waals surface area contributed by atoms with E-state index in [-0.39, 0.29) is 23.4 Å². The van der Waals surface area contributed by atoms with Crippen molar-refractivity contribution in [3.05, 3.63) is 65.3 Å². The first kappa shape index (κ1) is 33.4. The van der Waals surface area contributed by atoms with E-state index in [4.69, 9.17) is 4.42 Å². The Labute approximate surface area is 220 Å². The second-order valence-corrected chi connectivity index (χ2v) is 8.01. The number of aliphatic imine (C=N–C) groups is 1. The van der Waals surface area contributed by atoms with Gasteiger partial charge in [-0.3, -0.25) is 9.59 Å². The van der Waals surface area contributed by atoms with Crippen molar-refractivity contribution >= 4 is 17.4 Å². The predicted molar refractivity (Wildman–Crippen MR) is 146 cm³/mol. The first-order valence-corrected chi connectivity index (χ1v) is 13.0. The van der Waals surface area contributed by atoms with Gasteiger partial charge in [0, 0.05) is 19.3 Å². The van der Waals surface area contributed by atoms with Crippen LogP contribution in [0.5, 0.6) is 0 Å². The number of carbonyl (C=O) groups excluding carboxylic acids is 2. The molecule has 0 bridgehead atoms. The minimum Gasteiger partial charge on any atom is -0.442 e. The van der Waals surface area contributed by atoms with Crippen molar-refractivity contribution in [1.29, 1.82) is 5.26 Å². The standard InChI is InChI=1S/C21H20FN3O2.C3H7NO.C3H8.C2H6/c22-17-9-7-15(8-10-17)18-13-16(19(14-23)25-18)5-3-1-2-4-6-20(26)21-24-11-12-27-21;1-2-3(4)5;1-3-2;1-2/h7-12H,1-6,13H2;2H2,1H3,(H2,4,5);3H2,1-2H3;1-2H3. The van der Waals surface area contributed by atoms with Crippen LogP contribution < -0.4 is 5.73 Å². The summed E-state index contributed by atoms with van der Waals surface area (Å²) in [4.78, 5) is 29.6. The fourth-order valence-electron chi connectivity index (χ4n) is 3.10. The summed E-state index contributed by atoms with van der Waals surface area (Å²) in [6.45, 7) is 9.97. The van der Waals surface area contributed by atoms with Gasteiger partial charge in [-0.1, -0.05) is 66.0 Å². The molecule has 1 aliphatic rings. The molecule has 0 radical (unpaired) electrons. The fourth-order valence-corrected chi connectivity index (χ4v) is 3.10. The molecule has 1 aliphatic heterocycles. The lowest BCUT2D eigenvalue weighted by molar-refractivity contribution is -0.117. The SMILES string of the molecule is CC.CCC.CCC(N)=O.N#CC1=C(CCCCCCC(=O)c2ncco2)CC(c2ccc(F)cc2)=N1. The number of nitrogens with two attached hydrogens (primary N) is 1. The molecule has 2 heterocycles. The number of unbranched alkanes of at least 4 members (excludes halogenated alkanes) is 3. The third-order valence-electron chi connectivity index (χ3n) is 4.90.